The lowest BCUT2D eigenvalue weighted by molar-refractivity contribution is 0.304. The molecular weight excluding hydrogens is 241 g/mol. The third kappa shape index (κ3) is 5.89. The topological polar surface area (TPSA) is 21.3 Å². The highest BCUT2D eigenvalue weighted by atomic mass is 35.5. The van der Waals surface area contributed by atoms with Crippen LogP contribution in [0.5, 0.6) is 5.75 Å². The standard InChI is InChI=1S/C13H19ClFNO/c1-2-7-16-8-3-4-9-17-11-5-6-12(14)13(15)10-11/h5-6,10,16H,2-4,7-9H2,1H3. The summed E-state index contributed by atoms with van der Waals surface area (Å²) in [7, 11) is 0. The smallest absolute Gasteiger partial charge is 0.145 e. The van der Waals surface area contributed by atoms with Gasteiger partial charge in [0.2, 0.25) is 0 Å². The van der Waals surface area contributed by atoms with Crippen molar-refractivity contribution in [3.63, 3.8) is 0 Å². The summed E-state index contributed by atoms with van der Waals surface area (Å²) in [4.78, 5) is 0. The van der Waals surface area contributed by atoms with Crippen LogP contribution < -0.4 is 10.1 Å². The first-order valence-corrected chi connectivity index (χ1v) is 6.40. The summed E-state index contributed by atoms with van der Waals surface area (Å²) in [6, 6.07) is 4.51. The van der Waals surface area contributed by atoms with Gasteiger partial charge in [-0.25, -0.2) is 4.39 Å². The fourth-order valence-corrected chi connectivity index (χ4v) is 1.53. The Bertz CT molecular complexity index is 333. The normalized spacial score (nSPS) is 10.5. The van der Waals surface area contributed by atoms with Crippen LogP contribution in [0.3, 0.4) is 0 Å². The second-order valence-corrected chi connectivity index (χ2v) is 4.29. The van der Waals surface area contributed by atoms with Crippen LogP contribution in [0.2, 0.25) is 5.02 Å². The quantitative estimate of drug-likeness (QED) is 0.720. The van der Waals surface area contributed by atoms with E-state index in [1.54, 1.807) is 6.07 Å². The fourth-order valence-electron chi connectivity index (χ4n) is 1.41. The van der Waals surface area contributed by atoms with Crippen LogP contribution in [-0.4, -0.2) is 19.7 Å². The molecular formula is C13H19ClFNO. The van der Waals surface area contributed by atoms with Gasteiger partial charge in [0, 0.05) is 6.07 Å². The van der Waals surface area contributed by atoms with Gasteiger partial charge in [0.15, 0.2) is 0 Å². The number of benzene rings is 1. The van der Waals surface area contributed by atoms with Crippen molar-refractivity contribution in [3.05, 3.63) is 29.0 Å². The first kappa shape index (κ1) is 14.3. The molecule has 0 heterocycles. The Morgan fingerprint density at radius 3 is 2.82 bits per heavy atom. The Morgan fingerprint density at radius 2 is 2.12 bits per heavy atom. The van der Waals surface area contributed by atoms with Gasteiger partial charge >= 0.3 is 0 Å². The molecule has 0 saturated carbocycles. The molecule has 0 aliphatic carbocycles. The number of hydrogen-bond acceptors (Lipinski definition) is 2. The van der Waals surface area contributed by atoms with Crippen molar-refractivity contribution >= 4 is 11.6 Å². The van der Waals surface area contributed by atoms with Gasteiger partial charge in [-0.15, -0.1) is 0 Å². The monoisotopic (exact) mass is 259 g/mol. The van der Waals surface area contributed by atoms with Gasteiger partial charge in [0.1, 0.15) is 11.6 Å². The molecule has 1 aromatic carbocycles. The summed E-state index contributed by atoms with van der Waals surface area (Å²) in [5.41, 5.74) is 0. The van der Waals surface area contributed by atoms with E-state index in [0.29, 0.717) is 12.4 Å². The van der Waals surface area contributed by atoms with Crippen LogP contribution in [0.25, 0.3) is 0 Å². The SMILES string of the molecule is CCCNCCCCOc1ccc(Cl)c(F)c1. The minimum atomic E-state index is -0.436. The molecule has 17 heavy (non-hydrogen) atoms. The molecule has 0 atom stereocenters. The molecule has 1 rings (SSSR count). The zero-order valence-electron chi connectivity index (χ0n) is 10.1. The van der Waals surface area contributed by atoms with Crippen LogP contribution in [0.4, 0.5) is 4.39 Å². The average Bonchev–Trinajstić information content (AvgIpc) is 2.32. The van der Waals surface area contributed by atoms with E-state index < -0.39 is 5.82 Å². The van der Waals surface area contributed by atoms with Crippen molar-refractivity contribution in [2.45, 2.75) is 26.2 Å². The Kier molecular flexibility index (Phi) is 6.97. The molecule has 0 bridgehead atoms. The summed E-state index contributed by atoms with van der Waals surface area (Å²) in [5, 5.41) is 3.44. The maximum Gasteiger partial charge on any atom is 0.145 e. The number of unbranched alkanes of at least 4 members (excludes halogenated alkanes) is 1. The third-order valence-corrected chi connectivity index (χ3v) is 2.64. The second kappa shape index (κ2) is 8.31. The number of rotatable bonds is 8. The number of nitrogens with one attached hydrogen (secondary N) is 1. The molecule has 1 N–H and O–H groups in total. The van der Waals surface area contributed by atoms with Crippen molar-refractivity contribution < 1.29 is 9.13 Å². The summed E-state index contributed by atoms with van der Waals surface area (Å²) in [5.74, 6) is 0.0993. The highest BCUT2D eigenvalue weighted by Gasteiger charge is 2.01. The Morgan fingerprint density at radius 1 is 1.29 bits per heavy atom. The molecule has 0 fully saturated rings. The third-order valence-electron chi connectivity index (χ3n) is 2.33. The molecule has 4 heteroatoms. The van der Waals surface area contributed by atoms with Gasteiger partial charge in [0.05, 0.1) is 11.6 Å². The van der Waals surface area contributed by atoms with Crippen LogP contribution in [0, 0.1) is 5.82 Å². The highest BCUT2D eigenvalue weighted by molar-refractivity contribution is 6.30. The number of hydrogen-bond donors (Lipinski definition) is 1. The fraction of sp³-hybridized carbons (Fsp3) is 0.538. The Labute approximate surface area is 107 Å². The van der Waals surface area contributed by atoms with Gasteiger partial charge in [-0.05, 0) is 44.5 Å². The zero-order valence-corrected chi connectivity index (χ0v) is 10.9. The molecule has 1 aromatic rings. The average molecular weight is 260 g/mol. The first-order chi connectivity index (χ1) is 8.24. The number of ether oxygens (including phenoxy) is 1. The maximum absolute atomic E-state index is 13.1. The Balaban J connectivity index is 2.11. The van der Waals surface area contributed by atoms with Crippen LogP contribution in [0.15, 0.2) is 18.2 Å². The predicted molar refractivity (Wildman–Crippen MR) is 69.3 cm³/mol. The molecule has 0 aliphatic heterocycles. The summed E-state index contributed by atoms with van der Waals surface area (Å²) in [6.07, 6.45) is 3.18. The summed E-state index contributed by atoms with van der Waals surface area (Å²) < 4.78 is 18.5. The lowest BCUT2D eigenvalue weighted by atomic mass is 10.3. The van der Waals surface area contributed by atoms with E-state index >= 15 is 0 Å². The lowest BCUT2D eigenvalue weighted by Crippen LogP contribution is -2.16. The summed E-state index contributed by atoms with van der Waals surface area (Å²) in [6.45, 7) is 4.81. The van der Waals surface area contributed by atoms with E-state index in [1.807, 2.05) is 0 Å². The van der Waals surface area contributed by atoms with Gasteiger partial charge in [-0.2, -0.15) is 0 Å². The highest BCUT2D eigenvalue weighted by Crippen LogP contribution is 2.20. The van der Waals surface area contributed by atoms with Gasteiger partial charge in [0.25, 0.3) is 0 Å². The van der Waals surface area contributed by atoms with Crippen LogP contribution in [0.1, 0.15) is 26.2 Å². The van der Waals surface area contributed by atoms with Gasteiger partial charge < -0.3 is 10.1 Å². The molecule has 0 aliphatic rings. The first-order valence-electron chi connectivity index (χ1n) is 6.02. The van der Waals surface area contributed by atoms with Gasteiger partial charge in [-0.1, -0.05) is 18.5 Å². The van der Waals surface area contributed by atoms with Crippen LogP contribution >= 0.6 is 11.6 Å². The van der Waals surface area contributed by atoms with Gasteiger partial charge in [-0.3, -0.25) is 0 Å². The molecule has 0 radical (unpaired) electrons. The molecule has 0 amide bonds. The minimum Gasteiger partial charge on any atom is -0.493 e. The van der Waals surface area contributed by atoms with Crippen molar-refractivity contribution in [2.75, 3.05) is 19.7 Å². The van der Waals surface area contributed by atoms with Crippen molar-refractivity contribution in [1.82, 2.24) is 5.32 Å². The largest absolute Gasteiger partial charge is 0.493 e. The van der Waals surface area contributed by atoms with Crippen molar-refractivity contribution in [3.8, 4) is 5.75 Å². The molecule has 96 valence electrons. The van der Waals surface area contributed by atoms with Crippen molar-refractivity contribution in [2.24, 2.45) is 0 Å². The molecule has 0 aromatic heterocycles. The molecule has 0 saturated heterocycles. The van der Waals surface area contributed by atoms with Crippen LogP contribution in [-0.2, 0) is 0 Å². The second-order valence-electron chi connectivity index (χ2n) is 3.88. The zero-order chi connectivity index (χ0) is 12.5. The maximum atomic E-state index is 13.1. The predicted octanol–water partition coefficient (Wildman–Crippen LogP) is 3.64. The molecule has 2 nitrogen and oxygen atoms in total. The van der Waals surface area contributed by atoms with E-state index in [-0.39, 0.29) is 5.02 Å². The Hall–Kier alpha value is -0.800. The van der Waals surface area contributed by atoms with E-state index in [0.717, 1.165) is 32.4 Å². The molecule has 0 unspecified atom stereocenters. The lowest BCUT2D eigenvalue weighted by Gasteiger charge is -2.07. The van der Waals surface area contributed by atoms with E-state index in [2.05, 4.69) is 12.2 Å². The van der Waals surface area contributed by atoms with E-state index in [4.69, 9.17) is 16.3 Å². The molecule has 0 spiro atoms. The summed E-state index contributed by atoms with van der Waals surface area (Å²) >= 11 is 5.57. The number of halogens is 2. The van der Waals surface area contributed by atoms with E-state index in [9.17, 15) is 4.39 Å². The van der Waals surface area contributed by atoms with E-state index in [1.165, 1.54) is 12.1 Å². The van der Waals surface area contributed by atoms with Crippen molar-refractivity contribution in [1.29, 1.82) is 0 Å². The minimum absolute atomic E-state index is 0.126.